The number of rotatable bonds is 3. The van der Waals surface area contributed by atoms with Crippen LogP contribution >= 0.6 is 11.6 Å². The molecular formula is C15H18ClN5O2. The first kappa shape index (κ1) is 15.9. The number of benzene rings is 1. The van der Waals surface area contributed by atoms with Gasteiger partial charge in [-0.05, 0) is 48.4 Å². The average Bonchev–Trinajstić information content (AvgIpc) is 3.08. The van der Waals surface area contributed by atoms with Crippen molar-refractivity contribution >= 4 is 17.5 Å². The Morgan fingerprint density at radius 1 is 1.48 bits per heavy atom. The Balaban J connectivity index is 1.80. The molecule has 2 aromatic rings. The Kier molecular flexibility index (Phi) is 4.58. The molecule has 8 heteroatoms. The standard InChI is InChI=1S/C15H18ClN5O2/c1-10(22)11-3-2-6-20(8-11)15(23)13-5-4-12(7-14(13)16)21-9-17-18-19-21/h4-5,7,9-11,22H,2-3,6,8H2,1H3. The predicted molar refractivity (Wildman–Crippen MR) is 84.5 cm³/mol. The summed E-state index contributed by atoms with van der Waals surface area (Å²) < 4.78 is 1.48. The van der Waals surface area contributed by atoms with Crippen molar-refractivity contribution in [2.24, 2.45) is 5.92 Å². The lowest BCUT2D eigenvalue weighted by Crippen LogP contribution is -2.43. The van der Waals surface area contributed by atoms with E-state index in [1.165, 1.54) is 11.0 Å². The van der Waals surface area contributed by atoms with Gasteiger partial charge in [-0.2, -0.15) is 0 Å². The van der Waals surface area contributed by atoms with E-state index in [0.717, 1.165) is 12.8 Å². The zero-order valence-corrected chi connectivity index (χ0v) is 13.5. The van der Waals surface area contributed by atoms with Gasteiger partial charge in [-0.25, -0.2) is 4.68 Å². The third-order valence-corrected chi connectivity index (χ3v) is 4.54. The zero-order valence-electron chi connectivity index (χ0n) is 12.8. The Morgan fingerprint density at radius 3 is 2.96 bits per heavy atom. The van der Waals surface area contributed by atoms with E-state index in [0.29, 0.717) is 29.4 Å². The summed E-state index contributed by atoms with van der Waals surface area (Å²) in [5.74, 6) is 0.00980. The number of piperidine rings is 1. The smallest absolute Gasteiger partial charge is 0.255 e. The van der Waals surface area contributed by atoms with E-state index in [1.807, 2.05) is 0 Å². The summed E-state index contributed by atoms with van der Waals surface area (Å²) in [5, 5.41) is 21.1. The Labute approximate surface area is 138 Å². The second kappa shape index (κ2) is 6.64. The monoisotopic (exact) mass is 335 g/mol. The number of aliphatic hydroxyl groups is 1. The molecule has 1 saturated heterocycles. The summed E-state index contributed by atoms with van der Waals surface area (Å²) in [4.78, 5) is 14.5. The van der Waals surface area contributed by atoms with Crippen molar-refractivity contribution in [3.05, 3.63) is 35.1 Å². The highest BCUT2D eigenvalue weighted by Crippen LogP contribution is 2.25. The summed E-state index contributed by atoms with van der Waals surface area (Å²) in [7, 11) is 0. The fourth-order valence-corrected chi connectivity index (χ4v) is 3.11. The minimum absolute atomic E-state index is 0.108. The van der Waals surface area contributed by atoms with Gasteiger partial charge in [-0.1, -0.05) is 11.6 Å². The van der Waals surface area contributed by atoms with Gasteiger partial charge in [0.2, 0.25) is 0 Å². The van der Waals surface area contributed by atoms with Crippen LogP contribution in [0.4, 0.5) is 0 Å². The van der Waals surface area contributed by atoms with Crippen LogP contribution in [0.5, 0.6) is 0 Å². The minimum atomic E-state index is -0.414. The molecule has 0 spiro atoms. The van der Waals surface area contributed by atoms with Gasteiger partial charge in [-0.3, -0.25) is 4.79 Å². The number of halogens is 1. The molecule has 7 nitrogen and oxygen atoms in total. The summed E-state index contributed by atoms with van der Waals surface area (Å²) >= 11 is 6.28. The van der Waals surface area contributed by atoms with Gasteiger partial charge in [0.05, 0.1) is 22.4 Å². The molecule has 1 aromatic heterocycles. The van der Waals surface area contributed by atoms with Gasteiger partial charge in [0, 0.05) is 19.0 Å². The fraction of sp³-hybridized carbons (Fsp3) is 0.467. The molecule has 0 bridgehead atoms. The van der Waals surface area contributed by atoms with Crippen molar-refractivity contribution in [1.82, 2.24) is 25.1 Å². The first-order chi connectivity index (χ1) is 11.1. The molecule has 0 aliphatic carbocycles. The van der Waals surface area contributed by atoms with Crippen molar-refractivity contribution in [2.75, 3.05) is 13.1 Å². The maximum absolute atomic E-state index is 12.7. The first-order valence-corrected chi connectivity index (χ1v) is 7.94. The lowest BCUT2D eigenvalue weighted by atomic mass is 9.93. The largest absolute Gasteiger partial charge is 0.393 e. The number of carbonyl (C=O) groups excluding carboxylic acids is 1. The van der Waals surface area contributed by atoms with Gasteiger partial charge in [0.1, 0.15) is 6.33 Å². The van der Waals surface area contributed by atoms with Crippen LogP contribution in [-0.4, -0.2) is 55.3 Å². The lowest BCUT2D eigenvalue weighted by molar-refractivity contribution is 0.0466. The quantitative estimate of drug-likeness (QED) is 0.920. The number of tetrazole rings is 1. The molecule has 0 radical (unpaired) electrons. The van der Waals surface area contributed by atoms with E-state index in [9.17, 15) is 9.90 Å². The van der Waals surface area contributed by atoms with E-state index < -0.39 is 6.10 Å². The van der Waals surface area contributed by atoms with Crippen molar-refractivity contribution < 1.29 is 9.90 Å². The highest BCUT2D eigenvalue weighted by molar-refractivity contribution is 6.34. The molecule has 1 N–H and O–H groups in total. The molecule has 1 fully saturated rings. The molecule has 3 rings (SSSR count). The van der Waals surface area contributed by atoms with Crippen molar-refractivity contribution in [2.45, 2.75) is 25.9 Å². The Hall–Kier alpha value is -1.99. The summed E-state index contributed by atoms with van der Waals surface area (Å²) in [6.45, 7) is 3.02. The van der Waals surface area contributed by atoms with E-state index in [-0.39, 0.29) is 11.8 Å². The highest BCUT2D eigenvalue weighted by Gasteiger charge is 2.28. The van der Waals surface area contributed by atoms with Crippen molar-refractivity contribution in [3.63, 3.8) is 0 Å². The second-order valence-corrected chi connectivity index (χ2v) is 6.22. The van der Waals surface area contributed by atoms with Crippen LogP contribution in [0.25, 0.3) is 5.69 Å². The minimum Gasteiger partial charge on any atom is -0.393 e. The molecule has 2 unspecified atom stereocenters. The zero-order chi connectivity index (χ0) is 16.4. The number of hydrogen-bond acceptors (Lipinski definition) is 5. The lowest BCUT2D eigenvalue weighted by Gasteiger charge is -2.34. The molecule has 0 saturated carbocycles. The number of hydrogen-bond donors (Lipinski definition) is 1. The van der Waals surface area contributed by atoms with Gasteiger partial charge in [0.15, 0.2) is 0 Å². The molecule has 122 valence electrons. The third-order valence-electron chi connectivity index (χ3n) is 4.22. The SMILES string of the molecule is CC(O)C1CCCN(C(=O)c2ccc(-n3cnnn3)cc2Cl)C1. The molecule has 1 amide bonds. The molecule has 1 aliphatic rings. The van der Waals surface area contributed by atoms with Crippen LogP contribution < -0.4 is 0 Å². The number of nitrogens with zero attached hydrogens (tertiary/aromatic N) is 5. The maximum atomic E-state index is 12.7. The van der Waals surface area contributed by atoms with E-state index in [1.54, 1.807) is 30.0 Å². The molecule has 1 aliphatic heterocycles. The summed E-state index contributed by atoms with van der Waals surface area (Å²) in [6.07, 6.45) is 2.88. The Morgan fingerprint density at radius 2 is 2.30 bits per heavy atom. The highest BCUT2D eigenvalue weighted by atomic mass is 35.5. The van der Waals surface area contributed by atoms with Crippen LogP contribution in [0.2, 0.25) is 5.02 Å². The number of likely N-dealkylation sites (tertiary alicyclic amines) is 1. The van der Waals surface area contributed by atoms with E-state index >= 15 is 0 Å². The molecule has 2 heterocycles. The van der Waals surface area contributed by atoms with Crippen LogP contribution in [0, 0.1) is 5.92 Å². The van der Waals surface area contributed by atoms with Crippen LogP contribution in [0.15, 0.2) is 24.5 Å². The topological polar surface area (TPSA) is 84.1 Å². The van der Waals surface area contributed by atoms with Gasteiger partial charge in [0.25, 0.3) is 5.91 Å². The van der Waals surface area contributed by atoms with Crippen molar-refractivity contribution in [1.29, 1.82) is 0 Å². The third kappa shape index (κ3) is 3.35. The molecular weight excluding hydrogens is 318 g/mol. The fourth-order valence-electron chi connectivity index (χ4n) is 2.86. The van der Waals surface area contributed by atoms with E-state index in [2.05, 4.69) is 15.5 Å². The number of aliphatic hydroxyl groups excluding tert-OH is 1. The molecule has 23 heavy (non-hydrogen) atoms. The molecule has 2 atom stereocenters. The maximum Gasteiger partial charge on any atom is 0.255 e. The summed E-state index contributed by atoms with van der Waals surface area (Å²) in [6, 6.07) is 5.11. The normalized spacial score (nSPS) is 19.6. The number of carbonyl (C=O) groups is 1. The van der Waals surface area contributed by atoms with Gasteiger partial charge >= 0.3 is 0 Å². The van der Waals surface area contributed by atoms with E-state index in [4.69, 9.17) is 11.6 Å². The van der Waals surface area contributed by atoms with Crippen LogP contribution in [0.1, 0.15) is 30.1 Å². The van der Waals surface area contributed by atoms with Crippen LogP contribution in [-0.2, 0) is 0 Å². The van der Waals surface area contributed by atoms with Crippen molar-refractivity contribution in [3.8, 4) is 5.69 Å². The van der Waals surface area contributed by atoms with Gasteiger partial charge < -0.3 is 10.0 Å². The first-order valence-electron chi connectivity index (χ1n) is 7.56. The number of aromatic nitrogens is 4. The molecule has 1 aromatic carbocycles. The average molecular weight is 336 g/mol. The predicted octanol–water partition coefficient (Wildman–Crippen LogP) is 1.55. The summed E-state index contributed by atoms with van der Waals surface area (Å²) in [5.41, 5.74) is 1.15. The number of amides is 1. The second-order valence-electron chi connectivity index (χ2n) is 5.81. The Bertz CT molecular complexity index is 689. The van der Waals surface area contributed by atoms with Gasteiger partial charge in [-0.15, -0.1) is 5.10 Å². The van der Waals surface area contributed by atoms with Crippen LogP contribution in [0.3, 0.4) is 0 Å².